The van der Waals surface area contributed by atoms with E-state index in [0.717, 1.165) is 61.6 Å². The highest BCUT2D eigenvalue weighted by Gasteiger charge is 2.47. The largest absolute Gasteiger partial charge is 0.490 e. The predicted octanol–water partition coefficient (Wildman–Crippen LogP) is 7.02. The van der Waals surface area contributed by atoms with Crippen LogP contribution < -0.4 is 14.4 Å². The Bertz CT molecular complexity index is 1970. The maximum atomic E-state index is 14.3. The molecule has 2 fully saturated rings. The normalized spacial score (nSPS) is 26.4. The molecule has 278 valence electrons. The Hall–Kier alpha value is -3.67. The molecule has 1 aromatic heterocycles. The van der Waals surface area contributed by atoms with Crippen LogP contribution in [0.1, 0.15) is 85.0 Å². The second-order valence-electron chi connectivity index (χ2n) is 15.2. The quantitative estimate of drug-likeness (QED) is 0.157. The van der Waals surface area contributed by atoms with Crippen LogP contribution in [0.3, 0.4) is 0 Å². The van der Waals surface area contributed by atoms with Gasteiger partial charge in [0.2, 0.25) is 5.91 Å². The lowest BCUT2D eigenvalue weighted by molar-refractivity contribution is -0.120. The third-order valence-corrected chi connectivity index (χ3v) is 13.9. The molecule has 0 saturated heterocycles. The molecule has 2 saturated carbocycles. The van der Waals surface area contributed by atoms with Crippen molar-refractivity contribution in [1.82, 2.24) is 14.5 Å². The number of fused-ring (bicyclic) bond motifs is 3. The number of hydrogen-bond donors (Lipinski definition) is 1. The Kier molecular flexibility index (Phi) is 10.6. The minimum atomic E-state index is -3.41. The molecule has 3 aliphatic carbocycles. The summed E-state index contributed by atoms with van der Waals surface area (Å²) in [6.45, 7) is 7.94. The van der Waals surface area contributed by atoms with E-state index in [1.165, 1.54) is 11.1 Å². The Morgan fingerprint density at radius 1 is 1.25 bits per heavy atom. The second-order valence-corrected chi connectivity index (χ2v) is 17.7. The number of rotatable bonds is 12. The second kappa shape index (κ2) is 15.0. The van der Waals surface area contributed by atoms with Crippen LogP contribution in [-0.2, 0) is 38.3 Å². The molecular formula is C40H50ClN5O5S. The fourth-order valence-electron chi connectivity index (χ4n) is 8.67. The zero-order valence-electron chi connectivity index (χ0n) is 30.4. The Morgan fingerprint density at radius 2 is 2.10 bits per heavy atom. The number of aryl methyl sites for hydroxylation is 2. The van der Waals surface area contributed by atoms with E-state index in [1.54, 1.807) is 30.1 Å². The van der Waals surface area contributed by atoms with Gasteiger partial charge in [0.05, 0.1) is 24.2 Å². The summed E-state index contributed by atoms with van der Waals surface area (Å²) >= 11 is 6.45. The summed E-state index contributed by atoms with van der Waals surface area (Å²) in [5, 5.41) is 4.96. The van der Waals surface area contributed by atoms with E-state index in [1.807, 2.05) is 31.3 Å². The van der Waals surface area contributed by atoms with Gasteiger partial charge in [-0.15, -0.1) is 10.9 Å². The number of hydrogen-bond acceptors (Lipinski definition) is 7. The van der Waals surface area contributed by atoms with Gasteiger partial charge in [0.15, 0.2) is 0 Å². The fourth-order valence-corrected chi connectivity index (χ4v) is 10.5. The maximum absolute atomic E-state index is 14.3. The molecule has 1 spiro atoms. The number of nitrogens with one attached hydrogen (secondary N) is 1. The maximum Gasteiger partial charge on any atom is 0.286 e. The van der Waals surface area contributed by atoms with Gasteiger partial charge in [-0.25, -0.2) is 4.21 Å². The number of carbonyl (C=O) groups excluding carboxylic acids is 2. The van der Waals surface area contributed by atoms with Crippen molar-refractivity contribution in [2.45, 2.75) is 75.7 Å². The number of amides is 2. The van der Waals surface area contributed by atoms with Crippen molar-refractivity contribution >= 4 is 39.0 Å². The van der Waals surface area contributed by atoms with Crippen LogP contribution in [0.2, 0.25) is 5.02 Å². The minimum absolute atomic E-state index is 0.00542. The Labute approximate surface area is 312 Å². The molecule has 0 bridgehead atoms. The first-order chi connectivity index (χ1) is 25.0. The molecule has 0 radical (unpaired) electrons. The lowest BCUT2D eigenvalue weighted by atomic mass is 9.68. The number of anilines is 1. The summed E-state index contributed by atoms with van der Waals surface area (Å²) in [7, 11) is 0.205. The van der Waals surface area contributed by atoms with Crippen LogP contribution in [-0.4, -0.2) is 64.5 Å². The molecule has 2 heterocycles. The molecule has 0 unspecified atom stereocenters. The molecule has 2 aromatic carbocycles. The van der Waals surface area contributed by atoms with Gasteiger partial charge in [-0.2, -0.15) is 5.10 Å². The number of aromatic nitrogens is 2. The average molecular weight is 748 g/mol. The number of benzene rings is 2. The Morgan fingerprint density at radius 3 is 2.83 bits per heavy atom. The van der Waals surface area contributed by atoms with Crippen molar-refractivity contribution in [2.75, 3.05) is 37.5 Å². The van der Waals surface area contributed by atoms with Gasteiger partial charge in [-0.3, -0.25) is 19.0 Å². The van der Waals surface area contributed by atoms with Gasteiger partial charge in [0.1, 0.15) is 15.7 Å². The summed E-state index contributed by atoms with van der Waals surface area (Å²) in [4.78, 5) is 29.8. The molecule has 1 N–H and O–H groups in total. The summed E-state index contributed by atoms with van der Waals surface area (Å²) in [6.07, 6.45) is 10.5. The average Bonchev–Trinajstić information content (AvgIpc) is 3.82. The molecule has 1 aliphatic heterocycles. The summed E-state index contributed by atoms with van der Waals surface area (Å²) in [5.41, 5.74) is 4.38. The molecule has 7 rings (SSSR count). The van der Waals surface area contributed by atoms with Gasteiger partial charge in [0, 0.05) is 67.0 Å². The molecule has 10 nitrogen and oxygen atoms in total. The first-order valence-electron chi connectivity index (χ1n) is 18.6. The van der Waals surface area contributed by atoms with Crippen molar-refractivity contribution in [3.8, 4) is 5.75 Å². The number of ether oxygens (including phenoxy) is 2. The SMILES string of the molecule is C=CCCC[S@](=O)(=NC(=O)c1ccc2c(c1)N(C[C@@H]1CC[C@H]1[C@H](C)OC)C[C@@]1(CCCc3cc(Cl)ccc31)CO2)NC(=O)[C@@H]1C[C@H]1c1ccnn1C. The van der Waals surface area contributed by atoms with Crippen LogP contribution in [0.4, 0.5) is 5.69 Å². The van der Waals surface area contributed by atoms with E-state index in [2.05, 4.69) is 44.7 Å². The van der Waals surface area contributed by atoms with Gasteiger partial charge >= 0.3 is 0 Å². The van der Waals surface area contributed by atoms with Gasteiger partial charge in [0.25, 0.3) is 5.91 Å². The standard InChI is InChI=1S/C40H50ClN5O5S/c1-5-6-7-19-52(49,44-39(48)33-22-32(33)35-16-18-42-45(35)3)43-38(47)28-11-15-37-36(21-28)46(23-29-10-13-31(29)26(2)50-4)24-40(25-51-37)17-8-9-27-20-30(41)12-14-34(27)40/h5,11-12,14-16,18,20-21,26,29,31-33H,1,6-10,13,17,19,22-25H2,2-4H3,(H,43,44,47,48,49)/t26-,29-,31-,32+,33+,40-,52-/m0/s1. The third-order valence-electron chi connectivity index (χ3n) is 11.9. The highest BCUT2D eigenvalue weighted by atomic mass is 35.5. The smallest absolute Gasteiger partial charge is 0.286 e. The molecular weight excluding hydrogens is 698 g/mol. The van der Waals surface area contributed by atoms with E-state index in [9.17, 15) is 13.8 Å². The lowest BCUT2D eigenvalue weighted by Gasteiger charge is -2.45. The van der Waals surface area contributed by atoms with Crippen LogP contribution in [0, 0.1) is 17.8 Å². The molecule has 12 heteroatoms. The number of carbonyl (C=O) groups is 2. The van der Waals surface area contributed by atoms with Crippen molar-refractivity contribution in [3.63, 3.8) is 0 Å². The van der Waals surface area contributed by atoms with Crippen LogP contribution in [0.15, 0.2) is 65.7 Å². The summed E-state index contributed by atoms with van der Waals surface area (Å²) in [5.74, 6) is 0.291. The molecule has 3 aromatic rings. The van der Waals surface area contributed by atoms with Crippen LogP contribution in [0.5, 0.6) is 5.75 Å². The lowest BCUT2D eigenvalue weighted by Crippen LogP contribution is -2.49. The van der Waals surface area contributed by atoms with Gasteiger partial charge < -0.3 is 14.4 Å². The van der Waals surface area contributed by atoms with E-state index in [-0.39, 0.29) is 35.0 Å². The molecule has 2 amide bonds. The zero-order chi connectivity index (χ0) is 36.6. The molecule has 7 atom stereocenters. The van der Waals surface area contributed by atoms with Crippen LogP contribution in [0.25, 0.3) is 0 Å². The predicted molar refractivity (Wildman–Crippen MR) is 204 cm³/mol. The Balaban J connectivity index is 1.19. The van der Waals surface area contributed by atoms with Gasteiger partial charge in [-0.05, 0) is 118 Å². The van der Waals surface area contributed by atoms with Crippen molar-refractivity contribution in [3.05, 3.63) is 88.7 Å². The monoisotopic (exact) mass is 747 g/mol. The first-order valence-corrected chi connectivity index (χ1v) is 20.6. The number of methoxy groups -OCH3 is 1. The minimum Gasteiger partial charge on any atom is -0.490 e. The van der Waals surface area contributed by atoms with Crippen molar-refractivity contribution in [2.24, 2.45) is 29.2 Å². The van der Waals surface area contributed by atoms with Crippen molar-refractivity contribution in [1.29, 1.82) is 0 Å². The number of halogens is 1. The topological polar surface area (TPSA) is 115 Å². The first kappa shape index (κ1) is 36.7. The summed E-state index contributed by atoms with van der Waals surface area (Å²) in [6, 6.07) is 13.5. The van der Waals surface area contributed by atoms with Gasteiger partial charge in [-0.1, -0.05) is 23.7 Å². The third kappa shape index (κ3) is 7.41. The van der Waals surface area contributed by atoms with E-state index >= 15 is 0 Å². The number of allylic oxidation sites excluding steroid dienone is 1. The zero-order valence-corrected chi connectivity index (χ0v) is 32.0. The number of unbranched alkanes of at least 4 members (excludes halogenated alkanes) is 1. The molecule has 52 heavy (non-hydrogen) atoms. The van der Waals surface area contributed by atoms with E-state index in [4.69, 9.17) is 21.1 Å². The highest BCUT2D eigenvalue weighted by molar-refractivity contribution is 7.92. The number of nitrogens with zero attached hydrogens (tertiary/aromatic N) is 4. The fraction of sp³-hybridized carbons (Fsp3) is 0.525. The van der Waals surface area contributed by atoms with Crippen LogP contribution >= 0.6 is 11.6 Å². The molecule has 4 aliphatic rings. The highest BCUT2D eigenvalue weighted by Crippen LogP contribution is 2.48. The summed E-state index contributed by atoms with van der Waals surface area (Å²) < 4.78 is 35.4. The van der Waals surface area contributed by atoms with E-state index in [0.29, 0.717) is 49.0 Å². The van der Waals surface area contributed by atoms with E-state index < -0.39 is 15.8 Å². The van der Waals surface area contributed by atoms with Crippen molar-refractivity contribution < 1.29 is 23.3 Å².